The number of ether oxygens (including phenoxy) is 3. The van der Waals surface area contributed by atoms with Gasteiger partial charge < -0.3 is 14.2 Å². The molecule has 5 heteroatoms. The molecule has 2 atom stereocenters. The number of allylic oxidation sites excluding steroid dienone is 2. The molecule has 1 aliphatic carbocycles. The zero-order valence-electron chi connectivity index (χ0n) is 13.8. The maximum atomic E-state index is 12.4. The maximum absolute atomic E-state index is 12.4. The van der Waals surface area contributed by atoms with Gasteiger partial charge in [-0.05, 0) is 31.2 Å². The molecule has 1 aromatic rings. The Labute approximate surface area is 141 Å². The molecule has 1 saturated carbocycles. The van der Waals surface area contributed by atoms with Gasteiger partial charge in [-0.15, -0.1) is 0 Å². The maximum Gasteiger partial charge on any atom is 0.310 e. The van der Waals surface area contributed by atoms with Crippen molar-refractivity contribution in [1.82, 2.24) is 0 Å². The molecule has 1 aliphatic heterocycles. The number of halogens is 1. The molecule has 0 spiro atoms. The third-order valence-corrected chi connectivity index (χ3v) is 4.94. The first kappa shape index (κ1) is 16.2. The number of carbonyl (C=O) groups excluding carboxylic acids is 1. The van der Waals surface area contributed by atoms with Gasteiger partial charge in [-0.2, -0.15) is 0 Å². The number of benzene rings is 1. The molecule has 0 unspecified atom stereocenters. The molecule has 2 aliphatic rings. The largest absolute Gasteiger partial charge is 0.461 e. The predicted octanol–water partition coefficient (Wildman–Crippen LogP) is 4.35. The molecule has 0 bridgehead atoms. The number of esters is 1. The van der Waals surface area contributed by atoms with Gasteiger partial charge in [-0.1, -0.05) is 37.1 Å². The Morgan fingerprint density at radius 2 is 2.00 bits per heavy atom. The van der Waals surface area contributed by atoms with Gasteiger partial charge >= 0.3 is 5.97 Å². The van der Waals surface area contributed by atoms with Crippen LogP contribution in [0.3, 0.4) is 0 Å². The molecule has 3 rings (SSSR count). The summed E-state index contributed by atoms with van der Waals surface area (Å²) in [4.78, 5) is 12.4. The van der Waals surface area contributed by atoms with E-state index in [1.165, 1.54) is 5.57 Å². The van der Waals surface area contributed by atoms with Gasteiger partial charge in [0.1, 0.15) is 6.61 Å². The summed E-state index contributed by atoms with van der Waals surface area (Å²) in [5.41, 5.74) is 1.89. The zero-order valence-corrected chi connectivity index (χ0v) is 14.6. The highest BCUT2D eigenvalue weighted by molar-refractivity contribution is 6.31. The minimum atomic E-state index is -0.175. The van der Waals surface area contributed by atoms with Crippen LogP contribution < -0.4 is 9.47 Å². The highest BCUT2D eigenvalue weighted by Crippen LogP contribution is 2.59. The van der Waals surface area contributed by atoms with Crippen molar-refractivity contribution < 1.29 is 19.0 Å². The quantitative estimate of drug-likeness (QED) is 0.605. The lowest BCUT2D eigenvalue weighted by Gasteiger charge is -2.08. The number of carbonyl (C=O) groups is 1. The molecular weight excluding hydrogens is 316 g/mol. The first-order valence-corrected chi connectivity index (χ1v) is 8.08. The summed E-state index contributed by atoms with van der Waals surface area (Å²) in [6.07, 6.45) is 2.15. The zero-order chi connectivity index (χ0) is 16.8. The fourth-order valence-electron chi connectivity index (χ4n) is 3.11. The number of rotatable bonds is 4. The SMILES string of the molecule is CC(C)=C[C@@H]1[C@H](C(=O)OCc2cc3c(cc2Cl)OCO3)C1(C)C. The van der Waals surface area contributed by atoms with Crippen LogP contribution in [0.15, 0.2) is 23.8 Å². The van der Waals surface area contributed by atoms with E-state index in [1.807, 2.05) is 13.8 Å². The van der Waals surface area contributed by atoms with Crippen LogP contribution in [0.2, 0.25) is 5.02 Å². The Balaban J connectivity index is 1.65. The monoisotopic (exact) mass is 336 g/mol. The fourth-order valence-corrected chi connectivity index (χ4v) is 3.31. The van der Waals surface area contributed by atoms with Crippen molar-refractivity contribution in [3.05, 3.63) is 34.4 Å². The third-order valence-electron chi connectivity index (χ3n) is 4.59. The molecule has 4 nitrogen and oxygen atoms in total. The Hall–Kier alpha value is -1.68. The van der Waals surface area contributed by atoms with Crippen LogP contribution in [0.4, 0.5) is 0 Å². The van der Waals surface area contributed by atoms with Crippen LogP contribution >= 0.6 is 11.6 Å². The van der Waals surface area contributed by atoms with E-state index in [9.17, 15) is 4.79 Å². The summed E-state index contributed by atoms with van der Waals surface area (Å²) >= 11 is 6.20. The van der Waals surface area contributed by atoms with E-state index in [1.54, 1.807) is 12.1 Å². The summed E-state index contributed by atoms with van der Waals surface area (Å²) in [7, 11) is 0. The van der Waals surface area contributed by atoms with Crippen LogP contribution in [0.1, 0.15) is 33.3 Å². The highest BCUT2D eigenvalue weighted by atomic mass is 35.5. The average Bonchev–Trinajstić information content (AvgIpc) is 2.82. The van der Waals surface area contributed by atoms with E-state index in [4.69, 9.17) is 25.8 Å². The van der Waals surface area contributed by atoms with Gasteiger partial charge in [0.25, 0.3) is 0 Å². The van der Waals surface area contributed by atoms with E-state index in [0.717, 1.165) is 5.56 Å². The third kappa shape index (κ3) is 3.05. The van der Waals surface area contributed by atoms with Crippen molar-refractivity contribution in [2.24, 2.45) is 17.3 Å². The standard InChI is InChI=1S/C18H21ClO4/c1-10(2)5-12-16(18(12,3)4)17(20)21-8-11-6-14-15(7-13(11)19)23-9-22-14/h5-7,12,16H,8-9H2,1-4H3/t12-,16-/m1/s1. The van der Waals surface area contributed by atoms with Crippen molar-refractivity contribution in [2.75, 3.05) is 6.79 Å². The Morgan fingerprint density at radius 3 is 2.65 bits per heavy atom. The summed E-state index contributed by atoms with van der Waals surface area (Å²) in [6, 6.07) is 3.46. The number of hydrogen-bond donors (Lipinski definition) is 0. The molecular formula is C18H21ClO4. The first-order valence-electron chi connectivity index (χ1n) is 7.70. The Morgan fingerprint density at radius 1 is 1.35 bits per heavy atom. The molecule has 0 aromatic heterocycles. The van der Waals surface area contributed by atoms with Gasteiger partial charge in [0.2, 0.25) is 6.79 Å². The van der Waals surface area contributed by atoms with Gasteiger partial charge in [0.15, 0.2) is 11.5 Å². The predicted molar refractivity (Wildman–Crippen MR) is 87.6 cm³/mol. The van der Waals surface area contributed by atoms with Crippen LogP contribution in [-0.4, -0.2) is 12.8 Å². The molecule has 124 valence electrons. The van der Waals surface area contributed by atoms with Crippen molar-refractivity contribution in [1.29, 1.82) is 0 Å². The van der Waals surface area contributed by atoms with E-state index in [0.29, 0.717) is 16.5 Å². The van der Waals surface area contributed by atoms with Crippen molar-refractivity contribution in [3.8, 4) is 11.5 Å². The van der Waals surface area contributed by atoms with Crippen LogP contribution in [0.5, 0.6) is 11.5 Å². The van der Waals surface area contributed by atoms with Crippen molar-refractivity contribution in [3.63, 3.8) is 0 Å². The summed E-state index contributed by atoms with van der Waals surface area (Å²) < 4.78 is 16.1. The normalized spacial score (nSPS) is 23.3. The highest BCUT2D eigenvalue weighted by Gasteiger charge is 2.61. The van der Waals surface area contributed by atoms with E-state index in [2.05, 4.69) is 19.9 Å². The Kier molecular flexibility index (Phi) is 4.05. The lowest BCUT2D eigenvalue weighted by molar-refractivity contribution is -0.147. The van der Waals surface area contributed by atoms with Crippen molar-refractivity contribution in [2.45, 2.75) is 34.3 Å². The molecule has 1 heterocycles. The number of hydrogen-bond acceptors (Lipinski definition) is 4. The molecule has 23 heavy (non-hydrogen) atoms. The van der Waals surface area contributed by atoms with Gasteiger partial charge in [-0.25, -0.2) is 0 Å². The minimum Gasteiger partial charge on any atom is -0.461 e. The smallest absolute Gasteiger partial charge is 0.310 e. The minimum absolute atomic E-state index is 0.0486. The molecule has 0 amide bonds. The lowest BCUT2D eigenvalue weighted by Crippen LogP contribution is -2.10. The summed E-state index contributed by atoms with van der Waals surface area (Å²) in [5, 5.41) is 0.512. The Bertz CT molecular complexity index is 674. The van der Waals surface area contributed by atoms with E-state index in [-0.39, 0.29) is 36.6 Å². The second kappa shape index (κ2) is 5.75. The lowest BCUT2D eigenvalue weighted by atomic mass is 10.1. The second-order valence-electron chi connectivity index (χ2n) is 6.97. The van der Waals surface area contributed by atoms with Gasteiger partial charge in [0, 0.05) is 11.6 Å². The van der Waals surface area contributed by atoms with E-state index < -0.39 is 0 Å². The molecule has 0 saturated heterocycles. The average molecular weight is 337 g/mol. The van der Waals surface area contributed by atoms with Crippen LogP contribution in [-0.2, 0) is 16.1 Å². The second-order valence-corrected chi connectivity index (χ2v) is 7.38. The molecule has 0 N–H and O–H groups in total. The molecule has 1 aromatic carbocycles. The fraction of sp³-hybridized carbons (Fsp3) is 0.500. The molecule has 1 fully saturated rings. The van der Waals surface area contributed by atoms with Crippen molar-refractivity contribution >= 4 is 17.6 Å². The first-order chi connectivity index (χ1) is 10.8. The number of fused-ring (bicyclic) bond motifs is 1. The van der Waals surface area contributed by atoms with Crippen LogP contribution in [0, 0.1) is 17.3 Å². The summed E-state index contributed by atoms with van der Waals surface area (Å²) in [6.45, 7) is 8.61. The van der Waals surface area contributed by atoms with Gasteiger partial charge in [-0.3, -0.25) is 4.79 Å². The van der Waals surface area contributed by atoms with E-state index >= 15 is 0 Å². The topological polar surface area (TPSA) is 44.8 Å². The summed E-state index contributed by atoms with van der Waals surface area (Å²) in [5.74, 6) is 1.23. The molecule has 0 radical (unpaired) electrons. The van der Waals surface area contributed by atoms with Crippen LogP contribution in [0.25, 0.3) is 0 Å². The van der Waals surface area contributed by atoms with Gasteiger partial charge in [0.05, 0.1) is 10.9 Å².